The van der Waals surface area contributed by atoms with Crippen LogP contribution in [0.4, 0.5) is 5.69 Å². The molecule has 2 heterocycles. The zero-order valence-electron chi connectivity index (χ0n) is 16.3. The van der Waals surface area contributed by atoms with Crippen molar-refractivity contribution < 1.29 is 17.7 Å². The lowest BCUT2D eigenvalue weighted by atomic mass is 10.0. The van der Waals surface area contributed by atoms with Crippen molar-refractivity contribution in [2.75, 3.05) is 11.9 Å². The minimum absolute atomic E-state index is 0.0601. The lowest BCUT2D eigenvalue weighted by Crippen LogP contribution is -2.43. The van der Waals surface area contributed by atoms with Gasteiger partial charge in [0.25, 0.3) is 0 Å². The molecule has 8 heteroatoms. The van der Waals surface area contributed by atoms with E-state index in [1.54, 1.807) is 13.8 Å². The van der Waals surface area contributed by atoms with E-state index >= 15 is 0 Å². The van der Waals surface area contributed by atoms with Gasteiger partial charge in [0.1, 0.15) is 16.6 Å². The summed E-state index contributed by atoms with van der Waals surface area (Å²) in [5, 5.41) is 6.68. The van der Waals surface area contributed by atoms with Crippen LogP contribution in [0.25, 0.3) is 0 Å². The van der Waals surface area contributed by atoms with E-state index in [1.807, 2.05) is 32.9 Å². The zero-order chi connectivity index (χ0) is 19.9. The summed E-state index contributed by atoms with van der Waals surface area (Å²) in [6.45, 7) is 9.33. The second-order valence-corrected chi connectivity index (χ2v) is 9.02. The number of aromatic nitrogens is 1. The van der Waals surface area contributed by atoms with Crippen molar-refractivity contribution in [1.29, 1.82) is 0 Å². The number of benzene rings is 1. The van der Waals surface area contributed by atoms with Crippen molar-refractivity contribution in [1.82, 2.24) is 9.46 Å². The largest absolute Gasteiger partial charge is 0.360 e. The van der Waals surface area contributed by atoms with E-state index in [0.29, 0.717) is 25.1 Å². The quantitative estimate of drug-likeness (QED) is 0.865. The first-order valence-corrected chi connectivity index (χ1v) is 10.4. The third kappa shape index (κ3) is 3.51. The number of anilines is 1. The van der Waals surface area contributed by atoms with Crippen molar-refractivity contribution in [2.24, 2.45) is 0 Å². The van der Waals surface area contributed by atoms with E-state index in [1.165, 1.54) is 4.31 Å². The summed E-state index contributed by atoms with van der Waals surface area (Å²) in [5.74, 6) is -0.0679. The molecule has 1 aliphatic heterocycles. The van der Waals surface area contributed by atoms with Gasteiger partial charge in [0.05, 0.1) is 0 Å². The summed E-state index contributed by atoms with van der Waals surface area (Å²) in [6.07, 6.45) is 1.12. The molecule has 1 aromatic heterocycles. The standard InChI is InChI=1S/C19H25N3O4S/c1-11-9-12(2)17(13(3)10-11)20-19(23)16-7-6-8-22(16)27(24,25)18-14(4)21-26-15(18)5/h9-10,16H,6-8H2,1-5H3,(H,20,23)/t16-/m1/s1. The molecule has 146 valence electrons. The predicted molar refractivity (Wildman–Crippen MR) is 102 cm³/mol. The maximum absolute atomic E-state index is 13.1. The van der Waals surface area contributed by atoms with Crippen LogP contribution in [0.15, 0.2) is 21.6 Å². The molecule has 0 saturated carbocycles. The highest BCUT2D eigenvalue weighted by Crippen LogP contribution is 2.31. The lowest BCUT2D eigenvalue weighted by Gasteiger charge is -2.24. The third-order valence-electron chi connectivity index (χ3n) is 4.97. The van der Waals surface area contributed by atoms with E-state index in [0.717, 1.165) is 22.4 Å². The summed E-state index contributed by atoms with van der Waals surface area (Å²) < 4.78 is 32.5. The zero-order valence-corrected chi connectivity index (χ0v) is 17.1. The summed E-state index contributed by atoms with van der Waals surface area (Å²) >= 11 is 0. The van der Waals surface area contributed by atoms with Crippen LogP contribution in [-0.2, 0) is 14.8 Å². The molecule has 3 rings (SSSR count). The van der Waals surface area contributed by atoms with Crippen LogP contribution in [0.1, 0.15) is 41.0 Å². The minimum Gasteiger partial charge on any atom is -0.360 e. The van der Waals surface area contributed by atoms with Crippen LogP contribution in [0.3, 0.4) is 0 Å². The molecular formula is C19H25N3O4S. The lowest BCUT2D eigenvalue weighted by molar-refractivity contribution is -0.119. The number of hydrogen-bond donors (Lipinski definition) is 1. The van der Waals surface area contributed by atoms with Crippen LogP contribution in [0, 0.1) is 34.6 Å². The Hall–Kier alpha value is -2.19. The molecule has 1 aromatic carbocycles. The topological polar surface area (TPSA) is 92.5 Å². The molecule has 0 radical (unpaired) electrons. The van der Waals surface area contributed by atoms with Crippen LogP contribution < -0.4 is 5.32 Å². The van der Waals surface area contributed by atoms with Gasteiger partial charge in [-0.1, -0.05) is 22.9 Å². The van der Waals surface area contributed by atoms with Gasteiger partial charge in [-0.2, -0.15) is 4.31 Å². The van der Waals surface area contributed by atoms with Gasteiger partial charge in [-0.3, -0.25) is 4.79 Å². The number of carbonyl (C=O) groups is 1. The number of nitrogens with zero attached hydrogens (tertiary/aromatic N) is 2. The average Bonchev–Trinajstić information content (AvgIpc) is 3.18. The van der Waals surface area contributed by atoms with Crippen molar-refractivity contribution >= 4 is 21.6 Å². The van der Waals surface area contributed by atoms with Crippen molar-refractivity contribution in [3.8, 4) is 0 Å². The predicted octanol–water partition coefficient (Wildman–Crippen LogP) is 3.01. The molecule has 1 saturated heterocycles. The van der Waals surface area contributed by atoms with Crippen molar-refractivity contribution in [3.63, 3.8) is 0 Å². The molecule has 27 heavy (non-hydrogen) atoms. The highest BCUT2D eigenvalue weighted by Gasteiger charge is 2.42. The minimum atomic E-state index is -3.85. The molecule has 1 aliphatic rings. The molecule has 1 amide bonds. The van der Waals surface area contributed by atoms with Gasteiger partial charge in [-0.15, -0.1) is 0 Å². The smallest absolute Gasteiger partial charge is 0.249 e. The Bertz CT molecular complexity index is 952. The molecule has 1 atom stereocenters. The summed E-state index contributed by atoms with van der Waals surface area (Å²) in [6, 6.07) is 3.24. The molecule has 0 unspecified atom stereocenters. The van der Waals surface area contributed by atoms with E-state index in [2.05, 4.69) is 10.5 Å². The first-order chi connectivity index (χ1) is 12.6. The number of nitrogens with one attached hydrogen (secondary N) is 1. The molecule has 2 aromatic rings. The van der Waals surface area contributed by atoms with E-state index in [4.69, 9.17) is 4.52 Å². The normalized spacial score (nSPS) is 18.0. The SMILES string of the molecule is Cc1cc(C)c(NC(=O)[C@H]2CCCN2S(=O)(=O)c2c(C)noc2C)c(C)c1. The van der Waals surface area contributed by atoms with Gasteiger partial charge in [-0.25, -0.2) is 8.42 Å². The third-order valence-corrected chi connectivity index (χ3v) is 7.12. The Morgan fingerprint density at radius 1 is 1.19 bits per heavy atom. The second kappa shape index (κ2) is 7.09. The molecule has 0 spiro atoms. The number of sulfonamides is 1. The summed E-state index contributed by atoms with van der Waals surface area (Å²) in [5.41, 5.74) is 4.08. The maximum atomic E-state index is 13.1. The Morgan fingerprint density at radius 3 is 2.37 bits per heavy atom. The van der Waals surface area contributed by atoms with Gasteiger partial charge in [-0.05, 0) is 58.6 Å². The molecule has 1 fully saturated rings. The number of rotatable bonds is 4. The summed E-state index contributed by atoms with van der Waals surface area (Å²) in [4.78, 5) is 13.0. The van der Waals surface area contributed by atoms with Gasteiger partial charge in [0.15, 0.2) is 5.76 Å². The van der Waals surface area contributed by atoms with Crippen LogP contribution in [-0.4, -0.2) is 36.4 Å². The highest BCUT2D eigenvalue weighted by molar-refractivity contribution is 7.89. The van der Waals surface area contributed by atoms with Crippen LogP contribution >= 0.6 is 0 Å². The fourth-order valence-electron chi connectivity index (χ4n) is 3.83. The molecular weight excluding hydrogens is 366 g/mol. The molecule has 7 nitrogen and oxygen atoms in total. The Kier molecular flexibility index (Phi) is 5.14. The Balaban J connectivity index is 1.90. The second-order valence-electron chi connectivity index (χ2n) is 7.19. The van der Waals surface area contributed by atoms with E-state index < -0.39 is 16.1 Å². The van der Waals surface area contributed by atoms with Gasteiger partial charge in [0, 0.05) is 12.2 Å². The monoisotopic (exact) mass is 391 g/mol. The average molecular weight is 391 g/mol. The number of carbonyl (C=O) groups excluding carboxylic acids is 1. The van der Waals surface area contributed by atoms with Crippen molar-refractivity contribution in [3.05, 3.63) is 40.3 Å². The highest BCUT2D eigenvalue weighted by atomic mass is 32.2. The Labute approximate surface area is 159 Å². The first kappa shape index (κ1) is 19.6. The first-order valence-electron chi connectivity index (χ1n) is 8.96. The molecule has 0 bridgehead atoms. The van der Waals surface area contributed by atoms with Crippen molar-refractivity contribution in [2.45, 2.75) is 58.4 Å². The van der Waals surface area contributed by atoms with Gasteiger partial charge >= 0.3 is 0 Å². The fraction of sp³-hybridized carbons (Fsp3) is 0.474. The molecule has 1 N–H and O–H groups in total. The van der Waals surface area contributed by atoms with Crippen LogP contribution in [0.5, 0.6) is 0 Å². The maximum Gasteiger partial charge on any atom is 0.249 e. The van der Waals surface area contributed by atoms with Gasteiger partial charge in [0.2, 0.25) is 15.9 Å². The number of aryl methyl sites for hydroxylation is 5. The summed E-state index contributed by atoms with van der Waals surface area (Å²) in [7, 11) is -3.85. The number of amides is 1. The van der Waals surface area contributed by atoms with E-state index in [9.17, 15) is 13.2 Å². The van der Waals surface area contributed by atoms with Gasteiger partial charge < -0.3 is 9.84 Å². The van der Waals surface area contributed by atoms with Crippen LogP contribution in [0.2, 0.25) is 0 Å². The fourth-order valence-corrected chi connectivity index (χ4v) is 5.78. The molecule has 0 aliphatic carbocycles. The Morgan fingerprint density at radius 2 is 1.81 bits per heavy atom. The van der Waals surface area contributed by atoms with E-state index in [-0.39, 0.29) is 16.6 Å². The number of hydrogen-bond acceptors (Lipinski definition) is 5.